The van der Waals surface area contributed by atoms with Gasteiger partial charge in [0.05, 0.1) is 17.2 Å². The van der Waals surface area contributed by atoms with Crippen molar-refractivity contribution in [3.05, 3.63) is 64.9 Å². The van der Waals surface area contributed by atoms with Gasteiger partial charge in [-0.25, -0.2) is 4.79 Å². The van der Waals surface area contributed by atoms with Gasteiger partial charge in [0, 0.05) is 11.4 Å². The molecule has 0 saturated heterocycles. The molecule has 0 aliphatic carbocycles. The highest BCUT2D eigenvalue weighted by atomic mass is 19.4. The third-order valence-electron chi connectivity index (χ3n) is 4.69. The van der Waals surface area contributed by atoms with Crippen LogP contribution in [0.4, 0.5) is 23.7 Å². The fraction of sp³-hybridized carbons (Fsp3) is 0.200. The maximum Gasteiger partial charge on any atom is 0.416 e. The standard InChI is InChI=1S/C20H16F3N3O4/c1-10-16(18(27)25-13-4-2-3-12(8-13)20(21,22)23)17(26-19(28)24-10)11-5-6-14-15(7-11)30-9-29-14/h2-8,17H,9H2,1H3,(H,25,27)(H2,24,26,28)/t17-/m1/s1. The number of anilines is 1. The highest BCUT2D eigenvalue weighted by molar-refractivity contribution is 6.06. The zero-order valence-corrected chi connectivity index (χ0v) is 15.6. The van der Waals surface area contributed by atoms with E-state index in [1.165, 1.54) is 12.1 Å². The molecule has 0 fully saturated rings. The Morgan fingerprint density at radius 1 is 1.13 bits per heavy atom. The number of urea groups is 1. The van der Waals surface area contributed by atoms with E-state index in [2.05, 4.69) is 16.0 Å². The molecule has 0 radical (unpaired) electrons. The third kappa shape index (κ3) is 3.76. The first-order chi connectivity index (χ1) is 14.2. The summed E-state index contributed by atoms with van der Waals surface area (Å²) in [4.78, 5) is 25.0. The second-order valence-corrected chi connectivity index (χ2v) is 6.72. The van der Waals surface area contributed by atoms with E-state index in [0.717, 1.165) is 12.1 Å². The largest absolute Gasteiger partial charge is 0.454 e. The number of amides is 3. The molecule has 1 atom stereocenters. The van der Waals surface area contributed by atoms with Gasteiger partial charge in [-0.05, 0) is 42.8 Å². The van der Waals surface area contributed by atoms with E-state index in [1.54, 1.807) is 25.1 Å². The van der Waals surface area contributed by atoms with Gasteiger partial charge in [0.1, 0.15) is 0 Å². The van der Waals surface area contributed by atoms with Gasteiger partial charge in [0.15, 0.2) is 11.5 Å². The van der Waals surface area contributed by atoms with Gasteiger partial charge in [-0.2, -0.15) is 13.2 Å². The quantitative estimate of drug-likeness (QED) is 0.708. The minimum Gasteiger partial charge on any atom is -0.454 e. The molecule has 0 saturated carbocycles. The fourth-order valence-electron chi connectivity index (χ4n) is 3.31. The number of fused-ring (bicyclic) bond motifs is 1. The number of hydrogen-bond acceptors (Lipinski definition) is 4. The topological polar surface area (TPSA) is 88.7 Å². The van der Waals surface area contributed by atoms with Crippen molar-refractivity contribution in [3.63, 3.8) is 0 Å². The average Bonchev–Trinajstić information content (AvgIpc) is 3.14. The van der Waals surface area contributed by atoms with E-state index in [4.69, 9.17) is 9.47 Å². The van der Waals surface area contributed by atoms with Crippen molar-refractivity contribution in [1.29, 1.82) is 0 Å². The number of rotatable bonds is 3. The number of nitrogens with one attached hydrogen (secondary N) is 3. The van der Waals surface area contributed by atoms with Crippen LogP contribution in [0.3, 0.4) is 0 Å². The molecule has 2 aromatic rings. The number of hydrogen-bond donors (Lipinski definition) is 3. The summed E-state index contributed by atoms with van der Waals surface area (Å²) in [5, 5.41) is 7.66. The van der Waals surface area contributed by atoms with Crippen LogP contribution < -0.4 is 25.4 Å². The monoisotopic (exact) mass is 419 g/mol. The molecule has 2 heterocycles. The summed E-state index contributed by atoms with van der Waals surface area (Å²) in [7, 11) is 0. The lowest BCUT2D eigenvalue weighted by Crippen LogP contribution is -2.45. The van der Waals surface area contributed by atoms with E-state index in [0.29, 0.717) is 17.1 Å². The normalized spacial score (nSPS) is 18.0. The summed E-state index contributed by atoms with van der Waals surface area (Å²) >= 11 is 0. The Bertz CT molecular complexity index is 1070. The van der Waals surface area contributed by atoms with Gasteiger partial charge >= 0.3 is 12.2 Å². The number of carbonyl (C=O) groups excluding carboxylic acids is 2. The minimum atomic E-state index is -4.54. The Kier molecular flexibility index (Phi) is 4.76. The lowest BCUT2D eigenvalue weighted by atomic mass is 9.94. The Hall–Kier alpha value is -3.69. The Morgan fingerprint density at radius 3 is 2.67 bits per heavy atom. The molecule has 156 valence electrons. The van der Waals surface area contributed by atoms with Crippen LogP contribution in [0.1, 0.15) is 24.1 Å². The van der Waals surface area contributed by atoms with Crippen LogP contribution in [0.25, 0.3) is 0 Å². The van der Waals surface area contributed by atoms with Crippen molar-refractivity contribution < 1.29 is 32.2 Å². The molecule has 30 heavy (non-hydrogen) atoms. The first kappa shape index (κ1) is 19.6. The van der Waals surface area contributed by atoms with Crippen LogP contribution >= 0.6 is 0 Å². The van der Waals surface area contributed by atoms with Crippen molar-refractivity contribution in [2.24, 2.45) is 0 Å². The van der Waals surface area contributed by atoms with Gasteiger partial charge in [-0.15, -0.1) is 0 Å². The van der Waals surface area contributed by atoms with Crippen molar-refractivity contribution >= 4 is 17.6 Å². The van der Waals surface area contributed by atoms with Crippen molar-refractivity contribution in [2.75, 3.05) is 12.1 Å². The molecule has 3 amide bonds. The number of ether oxygens (including phenoxy) is 2. The van der Waals surface area contributed by atoms with Gasteiger partial charge in [-0.3, -0.25) is 4.79 Å². The zero-order chi connectivity index (χ0) is 21.5. The summed E-state index contributed by atoms with van der Waals surface area (Å²) in [6, 6.07) is 7.95. The lowest BCUT2D eigenvalue weighted by molar-refractivity contribution is -0.137. The molecule has 0 aromatic heterocycles. The molecule has 2 aliphatic heterocycles. The molecule has 0 spiro atoms. The van der Waals surface area contributed by atoms with Gasteiger partial charge in [0.25, 0.3) is 5.91 Å². The van der Waals surface area contributed by atoms with Crippen molar-refractivity contribution in [1.82, 2.24) is 10.6 Å². The summed E-state index contributed by atoms with van der Waals surface area (Å²) in [6.45, 7) is 1.61. The Morgan fingerprint density at radius 2 is 1.90 bits per heavy atom. The molecular formula is C20H16F3N3O4. The lowest BCUT2D eigenvalue weighted by Gasteiger charge is -2.28. The first-order valence-corrected chi connectivity index (χ1v) is 8.89. The second kappa shape index (κ2) is 7.29. The van der Waals surface area contributed by atoms with E-state index < -0.39 is 29.7 Å². The highest BCUT2D eigenvalue weighted by Crippen LogP contribution is 2.37. The maximum atomic E-state index is 13.0. The van der Waals surface area contributed by atoms with E-state index >= 15 is 0 Å². The molecule has 10 heteroatoms. The maximum absolute atomic E-state index is 13.0. The summed E-state index contributed by atoms with van der Waals surface area (Å²) < 4.78 is 49.5. The van der Waals surface area contributed by atoms with E-state index in [-0.39, 0.29) is 23.8 Å². The van der Waals surface area contributed by atoms with Crippen molar-refractivity contribution in [2.45, 2.75) is 19.1 Å². The summed E-state index contributed by atoms with van der Waals surface area (Å²) in [6.07, 6.45) is -4.54. The van der Waals surface area contributed by atoms with E-state index in [9.17, 15) is 22.8 Å². The van der Waals surface area contributed by atoms with Crippen molar-refractivity contribution in [3.8, 4) is 11.5 Å². The minimum absolute atomic E-state index is 0.0172. The van der Waals surface area contributed by atoms with Crippen LogP contribution in [-0.4, -0.2) is 18.7 Å². The number of alkyl halides is 3. The molecule has 0 unspecified atom stereocenters. The average molecular weight is 419 g/mol. The fourth-order valence-corrected chi connectivity index (χ4v) is 3.31. The third-order valence-corrected chi connectivity index (χ3v) is 4.69. The zero-order valence-electron chi connectivity index (χ0n) is 15.6. The van der Waals surface area contributed by atoms with Gasteiger partial charge in [-0.1, -0.05) is 12.1 Å². The predicted octanol–water partition coefficient (Wildman–Crippen LogP) is 3.70. The smallest absolute Gasteiger partial charge is 0.416 e. The van der Waals surface area contributed by atoms with E-state index in [1.807, 2.05) is 0 Å². The predicted molar refractivity (Wildman–Crippen MR) is 99.7 cm³/mol. The molecule has 3 N–H and O–H groups in total. The molecule has 7 nitrogen and oxygen atoms in total. The van der Waals surface area contributed by atoms with Gasteiger partial charge in [0.2, 0.25) is 6.79 Å². The van der Waals surface area contributed by atoms with Crippen LogP contribution in [0.2, 0.25) is 0 Å². The Balaban J connectivity index is 1.65. The molecule has 2 aliphatic rings. The SMILES string of the molecule is CC1=C(C(=O)Nc2cccc(C(F)(F)F)c2)[C@@H](c2ccc3c(c2)OCO3)NC(=O)N1. The molecular weight excluding hydrogens is 403 g/mol. The van der Waals surface area contributed by atoms with Crippen LogP contribution in [0.15, 0.2) is 53.7 Å². The summed E-state index contributed by atoms with van der Waals surface area (Å²) in [5.74, 6) is 0.354. The number of benzene rings is 2. The Labute approximate surface area is 168 Å². The first-order valence-electron chi connectivity index (χ1n) is 8.89. The highest BCUT2D eigenvalue weighted by Gasteiger charge is 2.33. The number of carbonyl (C=O) groups is 2. The van der Waals surface area contributed by atoms with Gasteiger partial charge < -0.3 is 25.4 Å². The number of halogens is 3. The van der Waals surface area contributed by atoms with Crippen LogP contribution in [0, 0.1) is 0 Å². The molecule has 4 rings (SSSR count). The number of allylic oxidation sites excluding steroid dienone is 1. The second-order valence-electron chi connectivity index (χ2n) is 6.72. The van der Waals surface area contributed by atoms with Crippen LogP contribution in [0.5, 0.6) is 11.5 Å². The molecule has 0 bridgehead atoms. The summed E-state index contributed by atoms with van der Waals surface area (Å²) in [5.41, 5.74) is 0.101. The van der Waals surface area contributed by atoms with Crippen LogP contribution in [-0.2, 0) is 11.0 Å². The molecule has 2 aromatic carbocycles.